The molecule has 1 aromatic heterocycles. The lowest BCUT2D eigenvalue weighted by Crippen LogP contribution is -2.37. The molecule has 0 aliphatic heterocycles. The van der Waals surface area contributed by atoms with Crippen molar-refractivity contribution < 1.29 is 19.1 Å². The van der Waals surface area contributed by atoms with E-state index in [1.165, 1.54) is 13.0 Å². The van der Waals surface area contributed by atoms with E-state index in [0.29, 0.717) is 16.9 Å². The fourth-order valence-electron chi connectivity index (χ4n) is 1.87. The molecule has 0 spiro atoms. The molecular weight excluding hydrogens is 248 g/mol. The predicted molar refractivity (Wildman–Crippen MR) is 67.1 cm³/mol. The summed E-state index contributed by atoms with van der Waals surface area (Å²) in [6, 6.07) is 4.80. The first-order valence-corrected chi connectivity index (χ1v) is 5.81. The van der Waals surface area contributed by atoms with Crippen LogP contribution in [0.15, 0.2) is 27.4 Å². The lowest BCUT2D eigenvalue weighted by Gasteiger charge is -2.17. The molecule has 0 saturated heterocycles. The van der Waals surface area contributed by atoms with Gasteiger partial charge >= 0.3 is 5.63 Å². The van der Waals surface area contributed by atoms with Crippen LogP contribution in [0.1, 0.15) is 18.1 Å². The van der Waals surface area contributed by atoms with Crippen molar-refractivity contribution in [3.63, 3.8) is 0 Å². The van der Waals surface area contributed by atoms with E-state index in [2.05, 4.69) is 0 Å². The molecule has 1 aromatic carbocycles. The van der Waals surface area contributed by atoms with Gasteiger partial charge < -0.3 is 19.1 Å². The highest BCUT2D eigenvalue weighted by atomic mass is 16.5. The van der Waals surface area contributed by atoms with E-state index in [-0.39, 0.29) is 0 Å². The molecule has 0 aliphatic carbocycles. The van der Waals surface area contributed by atoms with Crippen LogP contribution in [0.5, 0.6) is 5.75 Å². The van der Waals surface area contributed by atoms with E-state index in [1.54, 1.807) is 19.1 Å². The Morgan fingerprint density at radius 2 is 2.05 bits per heavy atom. The Kier molecular flexibility index (Phi) is 3.29. The highest BCUT2D eigenvalue weighted by Gasteiger charge is 2.12. The quantitative estimate of drug-likeness (QED) is 0.768. The maximum atomic E-state index is 11.4. The summed E-state index contributed by atoms with van der Waals surface area (Å²) in [5.74, 6) is -0.942. The highest BCUT2D eigenvalue weighted by molar-refractivity contribution is 5.84. The molecule has 0 saturated carbocycles. The zero-order valence-corrected chi connectivity index (χ0v) is 10.9. The fourth-order valence-corrected chi connectivity index (χ4v) is 1.87. The molecular formula is C14H13O5-. The van der Waals surface area contributed by atoms with Crippen molar-refractivity contribution in [3.8, 4) is 5.75 Å². The SMILES string of the molecule is Cc1cc(=O)oc2c(C)c(O[C@H](C)C(=O)[O-])ccc12. The predicted octanol–water partition coefficient (Wildman–Crippen LogP) is 0.927. The number of carbonyl (C=O) groups is 1. The Labute approximate surface area is 109 Å². The molecule has 0 radical (unpaired) electrons. The van der Waals surface area contributed by atoms with Gasteiger partial charge in [0.05, 0.1) is 5.97 Å². The number of aryl methyl sites for hydroxylation is 2. The number of ether oxygens (including phenoxy) is 1. The van der Waals surface area contributed by atoms with Crippen molar-refractivity contribution >= 4 is 16.9 Å². The van der Waals surface area contributed by atoms with E-state index >= 15 is 0 Å². The molecule has 2 aromatic rings. The third-order valence-corrected chi connectivity index (χ3v) is 2.95. The molecule has 1 heterocycles. The molecule has 2 rings (SSSR count). The topological polar surface area (TPSA) is 79.6 Å². The second-order valence-corrected chi connectivity index (χ2v) is 4.39. The van der Waals surface area contributed by atoms with Gasteiger partial charge in [0.2, 0.25) is 0 Å². The maximum absolute atomic E-state index is 11.4. The summed E-state index contributed by atoms with van der Waals surface area (Å²) >= 11 is 0. The Bertz CT molecular complexity index is 699. The van der Waals surface area contributed by atoms with Crippen LogP contribution in [-0.4, -0.2) is 12.1 Å². The molecule has 0 fully saturated rings. The maximum Gasteiger partial charge on any atom is 0.336 e. The summed E-state index contributed by atoms with van der Waals surface area (Å²) in [5, 5.41) is 11.5. The van der Waals surface area contributed by atoms with Crippen LogP contribution in [0.2, 0.25) is 0 Å². The van der Waals surface area contributed by atoms with Gasteiger partial charge in [0.1, 0.15) is 17.4 Å². The van der Waals surface area contributed by atoms with Gasteiger partial charge in [0, 0.05) is 17.0 Å². The number of benzene rings is 1. The van der Waals surface area contributed by atoms with E-state index in [1.807, 2.05) is 6.92 Å². The zero-order chi connectivity index (χ0) is 14.2. The number of hydrogen-bond donors (Lipinski definition) is 0. The van der Waals surface area contributed by atoms with Gasteiger partial charge in [-0.05, 0) is 38.5 Å². The average molecular weight is 261 g/mol. The smallest absolute Gasteiger partial charge is 0.336 e. The largest absolute Gasteiger partial charge is 0.546 e. The minimum absolute atomic E-state index is 0.359. The lowest BCUT2D eigenvalue weighted by atomic mass is 10.1. The normalized spacial score (nSPS) is 12.4. The zero-order valence-electron chi connectivity index (χ0n) is 10.9. The second kappa shape index (κ2) is 4.76. The molecule has 5 nitrogen and oxygen atoms in total. The number of rotatable bonds is 3. The van der Waals surface area contributed by atoms with Gasteiger partial charge in [-0.1, -0.05) is 0 Å². The summed E-state index contributed by atoms with van der Waals surface area (Å²) < 4.78 is 10.4. The molecule has 5 heteroatoms. The first-order chi connectivity index (χ1) is 8.90. The van der Waals surface area contributed by atoms with Crippen molar-refractivity contribution in [2.24, 2.45) is 0 Å². The van der Waals surface area contributed by atoms with Crippen molar-refractivity contribution in [2.75, 3.05) is 0 Å². The fraction of sp³-hybridized carbons (Fsp3) is 0.286. The van der Waals surface area contributed by atoms with Gasteiger partial charge in [-0.25, -0.2) is 4.79 Å². The molecule has 100 valence electrons. The third kappa shape index (κ3) is 2.45. The monoisotopic (exact) mass is 261 g/mol. The van der Waals surface area contributed by atoms with Gasteiger partial charge in [-0.3, -0.25) is 0 Å². The van der Waals surface area contributed by atoms with Crippen molar-refractivity contribution in [3.05, 3.63) is 39.7 Å². The molecule has 0 amide bonds. The van der Waals surface area contributed by atoms with Crippen molar-refractivity contribution in [1.82, 2.24) is 0 Å². The van der Waals surface area contributed by atoms with Gasteiger partial charge in [-0.2, -0.15) is 0 Å². The minimum atomic E-state index is -1.30. The van der Waals surface area contributed by atoms with Crippen molar-refractivity contribution in [1.29, 1.82) is 0 Å². The van der Waals surface area contributed by atoms with Crippen LogP contribution in [0, 0.1) is 13.8 Å². The van der Waals surface area contributed by atoms with Crippen molar-refractivity contribution in [2.45, 2.75) is 26.9 Å². The average Bonchev–Trinajstić information content (AvgIpc) is 2.33. The lowest BCUT2D eigenvalue weighted by molar-refractivity contribution is -0.312. The number of carbonyl (C=O) groups excluding carboxylic acids is 1. The summed E-state index contributed by atoms with van der Waals surface area (Å²) in [7, 11) is 0. The summed E-state index contributed by atoms with van der Waals surface area (Å²) in [4.78, 5) is 22.1. The number of carboxylic acids is 1. The summed E-state index contributed by atoms with van der Waals surface area (Å²) in [6.07, 6.45) is -1.08. The molecule has 0 aliphatic rings. The second-order valence-electron chi connectivity index (χ2n) is 4.39. The van der Waals surface area contributed by atoms with E-state index in [9.17, 15) is 14.7 Å². The standard InChI is InChI=1S/C14H14O5/c1-7-6-12(15)19-13-8(2)11(5-4-10(7)13)18-9(3)14(16)17/h4-6,9H,1-3H3,(H,16,17)/p-1/t9-/m1/s1. The Balaban J connectivity index is 2.57. The Morgan fingerprint density at radius 1 is 1.37 bits per heavy atom. The first-order valence-electron chi connectivity index (χ1n) is 5.81. The Morgan fingerprint density at radius 3 is 2.68 bits per heavy atom. The van der Waals surface area contributed by atoms with Crippen LogP contribution in [0.4, 0.5) is 0 Å². The van der Waals surface area contributed by atoms with Crippen LogP contribution < -0.4 is 15.5 Å². The van der Waals surface area contributed by atoms with E-state index in [0.717, 1.165) is 10.9 Å². The summed E-state index contributed by atoms with van der Waals surface area (Å²) in [5.41, 5.74) is 1.35. The van der Waals surface area contributed by atoms with Crippen LogP contribution in [-0.2, 0) is 4.79 Å². The number of fused-ring (bicyclic) bond motifs is 1. The third-order valence-electron chi connectivity index (χ3n) is 2.95. The Hall–Kier alpha value is -2.30. The molecule has 19 heavy (non-hydrogen) atoms. The van der Waals surface area contributed by atoms with E-state index < -0.39 is 17.7 Å². The van der Waals surface area contributed by atoms with Crippen LogP contribution in [0.25, 0.3) is 11.0 Å². The molecule has 0 N–H and O–H groups in total. The highest BCUT2D eigenvalue weighted by Crippen LogP contribution is 2.28. The molecule has 0 unspecified atom stereocenters. The number of hydrogen-bond acceptors (Lipinski definition) is 5. The van der Waals surface area contributed by atoms with Gasteiger partial charge in [-0.15, -0.1) is 0 Å². The molecule has 1 atom stereocenters. The summed E-state index contributed by atoms with van der Waals surface area (Å²) in [6.45, 7) is 4.90. The first kappa shape index (κ1) is 13.1. The van der Waals surface area contributed by atoms with Crippen LogP contribution >= 0.6 is 0 Å². The van der Waals surface area contributed by atoms with Gasteiger partial charge in [0.15, 0.2) is 0 Å². The number of aliphatic carboxylic acids is 1. The van der Waals surface area contributed by atoms with Crippen LogP contribution in [0.3, 0.4) is 0 Å². The minimum Gasteiger partial charge on any atom is -0.546 e. The number of carboxylic acid groups (broad SMARTS) is 1. The van der Waals surface area contributed by atoms with Gasteiger partial charge in [0.25, 0.3) is 0 Å². The molecule has 0 bridgehead atoms. The van der Waals surface area contributed by atoms with E-state index in [4.69, 9.17) is 9.15 Å².